The van der Waals surface area contributed by atoms with E-state index in [4.69, 9.17) is 5.73 Å². The number of rotatable bonds is 3. The molecule has 0 spiro atoms. The summed E-state index contributed by atoms with van der Waals surface area (Å²) < 4.78 is 2.13. The van der Waals surface area contributed by atoms with Crippen molar-refractivity contribution >= 4 is 0 Å². The van der Waals surface area contributed by atoms with E-state index in [0.29, 0.717) is 12.5 Å². The van der Waals surface area contributed by atoms with Crippen molar-refractivity contribution in [1.29, 1.82) is 0 Å². The molecule has 1 aromatic carbocycles. The maximum Gasteiger partial charge on any atom is 0.0707 e. The smallest absolute Gasteiger partial charge is 0.0707 e. The van der Waals surface area contributed by atoms with Gasteiger partial charge in [-0.25, -0.2) is 4.68 Å². The molecule has 1 saturated carbocycles. The Morgan fingerprint density at radius 1 is 1.21 bits per heavy atom. The summed E-state index contributed by atoms with van der Waals surface area (Å²) in [7, 11) is 0. The summed E-state index contributed by atoms with van der Waals surface area (Å²) in [6, 6.07) is 4.45. The Labute approximate surface area is 114 Å². The number of aryl methyl sites for hydroxylation is 3. The predicted molar refractivity (Wildman–Crippen MR) is 77.6 cm³/mol. The number of aromatic nitrogens is 2. The first kappa shape index (κ1) is 12.4. The Morgan fingerprint density at radius 3 is 2.37 bits per heavy atom. The first-order valence-electron chi connectivity index (χ1n) is 6.97. The third-order valence-corrected chi connectivity index (χ3v) is 3.92. The summed E-state index contributed by atoms with van der Waals surface area (Å²) in [4.78, 5) is 0. The molecule has 0 unspecified atom stereocenters. The van der Waals surface area contributed by atoms with Crippen LogP contribution in [-0.2, 0) is 6.54 Å². The van der Waals surface area contributed by atoms with Gasteiger partial charge in [0.2, 0.25) is 0 Å². The Balaban J connectivity index is 2.20. The molecule has 19 heavy (non-hydrogen) atoms. The van der Waals surface area contributed by atoms with Crippen molar-refractivity contribution < 1.29 is 0 Å². The molecule has 3 rings (SSSR count). The molecular formula is C16H21N3. The highest BCUT2D eigenvalue weighted by Gasteiger charge is 2.30. The van der Waals surface area contributed by atoms with Crippen LogP contribution in [0.5, 0.6) is 0 Å². The van der Waals surface area contributed by atoms with Crippen LogP contribution < -0.4 is 5.73 Å². The lowest BCUT2D eigenvalue weighted by Crippen LogP contribution is -2.08. The second kappa shape index (κ2) is 4.49. The highest BCUT2D eigenvalue weighted by Crippen LogP contribution is 2.43. The quantitative estimate of drug-likeness (QED) is 0.915. The van der Waals surface area contributed by atoms with Crippen LogP contribution in [0.15, 0.2) is 18.3 Å². The zero-order chi connectivity index (χ0) is 13.6. The van der Waals surface area contributed by atoms with E-state index in [1.807, 2.05) is 6.20 Å². The fourth-order valence-corrected chi connectivity index (χ4v) is 3.03. The first-order valence-corrected chi connectivity index (χ1v) is 6.97. The molecule has 100 valence electrons. The van der Waals surface area contributed by atoms with Gasteiger partial charge in [-0.05, 0) is 44.7 Å². The second-order valence-electron chi connectivity index (χ2n) is 5.69. The van der Waals surface area contributed by atoms with Crippen molar-refractivity contribution in [3.05, 3.63) is 46.3 Å². The van der Waals surface area contributed by atoms with Crippen molar-refractivity contribution in [1.82, 2.24) is 9.78 Å². The van der Waals surface area contributed by atoms with E-state index in [9.17, 15) is 0 Å². The van der Waals surface area contributed by atoms with Crippen LogP contribution in [0.2, 0.25) is 0 Å². The summed E-state index contributed by atoms with van der Waals surface area (Å²) in [5.74, 6) is 0.654. The van der Waals surface area contributed by atoms with Crippen molar-refractivity contribution in [3.63, 3.8) is 0 Å². The number of hydrogen-bond donors (Lipinski definition) is 1. The third-order valence-electron chi connectivity index (χ3n) is 3.92. The fraction of sp³-hybridized carbons (Fsp3) is 0.438. The van der Waals surface area contributed by atoms with E-state index in [0.717, 1.165) is 0 Å². The van der Waals surface area contributed by atoms with E-state index >= 15 is 0 Å². The van der Waals surface area contributed by atoms with E-state index < -0.39 is 0 Å². The molecule has 2 N–H and O–H groups in total. The molecule has 3 heteroatoms. The van der Waals surface area contributed by atoms with Crippen LogP contribution in [0.3, 0.4) is 0 Å². The molecule has 0 radical (unpaired) electrons. The summed E-state index contributed by atoms with van der Waals surface area (Å²) in [6.45, 7) is 7.04. The molecule has 1 heterocycles. The lowest BCUT2D eigenvalue weighted by molar-refractivity contribution is 0.790. The monoisotopic (exact) mass is 255 g/mol. The van der Waals surface area contributed by atoms with Crippen LogP contribution in [0.4, 0.5) is 0 Å². The number of benzene rings is 1. The van der Waals surface area contributed by atoms with Gasteiger partial charge in [-0.15, -0.1) is 0 Å². The van der Waals surface area contributed by atoms with E-state index in [1.165, 1.54) is 46.5 Å². The number of nitrogens with zero attached hydrogens (tertiary/aromatic N) is 2. The Bertz CT molecular complexity index is 598. The molecule has 1 aliphatic rings. The lowest BCUT2D eigenvalue weighted by Gasteiger charge is -2.15. The minimum Gasteiger partial charge on any atom is -0.326 e. The normalized spacial score (nSPS) is 14.9. The minimum atomic E-state index is 0.579. The van der Waals surface area contributed by atoms with Gasteiger partial charge < -0.3 is 5.73 Å². The van der Waals surface area contributed by atoms with Crippen LogP contribution >= 0.6 is 0 Å². The molecular weight excluding hydrogens is 234 g/mol. The van der Waals surface area contributed by atoms with Gasteiger partial charge in [0.05, 0.1) is 17.6 Å². The van der Waals surface area contributed by atoms with Gasteiger partial charge in [0.25, 0.3) is 0 Å². The van der Waals surface area contributed by atoms with Gasteiger partial charge in [0.1, 0.15) is 0 Å². The summed E-state index contributed by atoms with van der Waals surface area (Å²) in [5, 5.41) is 4.61. The van der Waals surface area contributed by atoms with Crippen LogP contribution in [0, 0.1) is 20.8 Å². The van der Waals surface area contributed by atoms with E-state index in [1.54, 1.807) is 0 Å². The summed E-state index contributed by atoms with van der Waals surface area (Å²) in [6.07, 6.45) is 4.47. The van der Waals surface area contributed by atoms with Gasteiger partial charge in [0, 0.05) is 18.0 Å². The molecule has 2 aromatic rings. The SMILES string of the molecule is Cc1cc(C)c(-n2ncc(CN)c2C2CC2)c(C)c1. The first-order chi connectivity index (χ1) is 9.11. The number of hydrogen-bond acceptors (Lipinski definition) is 2. The Kier molecular flexibility index (Phi) is 2.94. The molecule has 0 amide bonds. The topological polar surface area (TPSA) is 43.8 Å². The summed E-state index contributed by atoms with van der Waals surface area (Å²) in [5.41, 5.74) is 13.5. The van der Waals surface area contributed by atoms with Crippen molar-refractivity contribution in [2.24, 2.45) is 5.73 Å². The molecule has 0 aliphatic heterocycles. The van der Waals surface area contributed by atoms with Gasteiger partial charge in [0.15, 0.2) is 0 Å². The fourth-order valence-electron chi connectivity index (χ4n) is 3.03. The van der Waals surface area contributed by atoms with Crippen molar-refractivity contribution in [2.45, 2.75) is 46.1 Å². The van der Waals surface area contributed by atoms with Gasteiger partial charge in [-0.1, -0.05) is 17.7 Å². The largest absolute Gasteiger partial charge is 0.326 e. The average molecular weight is 255 g/mol. The van der Waals surface area contributed by atoms with Crippen LogP contribution in [-0.4, -0.2) is 9.78 Å². The molecule has 3 nitrogen and oxygen atoms in total. The van der Waals surface area contributed by atoms with Gasteiger partial charge in [-0.2, -0.15) is 5.10 Å². The number of nitrogens with two attached hydrogens (primary N) is 1. The maximum absolute atomic E-state index is 5.85. The molecule has 1 aliphatic carbocycles. The molecule has 0 saturated heterocycles. The third kappa shape index (κ3) is 2.08. The van der Waals surface area contributed by atoms with Gasteiger partial charge >= 0.3 is 0 Å². The molecule has 1 fully saturated rings. The second-order valence-corrected chi connectivity index (χ2v) is 5.69. The molecule has 1 aromatic heterocycles. The van der Waals surface area contributed by atoms with E-state index in [2.05, 4.69) is 42.7 Å². The maximum atomic E-state index is 5.85. The standard InChI is InChI=1S/C16H21N3/c1-10-6-11(2)15(12(3)7-10)19-16(13-4-5-13)14(8-17)9-18-19/h6-7,9,13H,4-5,8,17H2,1-3H3. The molecule has 0 atom stereocenters. The summed E-state index contributed by atoms with van der Waals surface area (Å²) >= 11 is 0. The van der Waals surface area contributed by atoms with Crippen LogP contribution in [0.25, 0.3) is 5.69 Å². The van der Waals surface area contributed by atoms with Crippen molar-refractivity contribution in [2.75, 3.05) is 0 Å². The highest BCUT2D eigenvalue weighted by atomic mass is 15.3. The van der Waals surface area contributed by atoms with Gasteiger partial charge in [-0.3, -0.25) is 0 Å². The zero-order valence-electron chi connectivity index (χ0n) is 11.9. The average Bonchev–Trinajstić information content (AvgIpc) is 3.09. The Morgan fingerprint density at radius 2 is 1.84 bits per heavy atom. The lowest BCUT2D eigenvalue weighted by atomic mass is 10.0. The van der Waals surface area contributed by atoms with Crippen LogP contribution in [0.1, 0.15) is 46.7 Å². The highest BCUT2D eigenvalue weighted by molar-refractivity contribution is 5.51. The molecule has 0 bridgehead atoms. The minimum absolute atomic E-state index is 0.579. The predicted octanol–water partition coefficient (Wildman–Crippen LogP) is 3.13. The Hall–Kier alpha value is -1.61. The van der Waals surface area contributed by atoms with Crippen molar-refractivity contribution in [3.8, 4) is 5.69 Å². The zero-order valence-corrected chi connectivity index (χ0v) is 11.9. The van der Waals surface area contributed by atoms with E-state index in [-0.39, 0.29) is 0 Å².